The summed E-state index contributed by atoms with van der Waals surface area (Å²) in [6, 6.07) is 12.9. The van der Waals surface area contributed by atoms with Gasteiger partial charge in [0, 0.05) is 29.7 Å². The summed E-state index contributed by atoms with van der Waals surface area (Å²) >= 11 is 7.00. The number of hydrogen-bond donors (Lipinski definition) is 1. The number of nitrogens with one attached hydrogen (secondary N) is 1. The first-order chi connectivity index (χ1) is 13.7. The number of alkyl halides is 1. The molecular weight excluding hydrogens is 396 g/mol. The molecular formula is C20H15ClN4O2S. The lowest BCUT2D eigenvalue weighted by Crippen LogP contribution is -2.11. The quantitative estimate of drug-likeness (QED) is 0.380. The topological polar surface area (TPSA) is 76.4 Å². The number of halogens is 1. The zero-order chi connectivity index (χ0) is 19.5. The van der Waals surface area contributed by atoms with E-state index < -0.39 is 0 Å². The Kier molecular flexibility index (Phi) is 5.18. The lowest BCUT2D eigenvalue weighted by atomic mass is 10.1. The van der Waals surface area contributed by atoms with Crippen LogP contribution in [0.25, 0.3) is 16.9 Å². The molecule has 140 valence electrons. The summed E-state index contributed by atoms with van der Waals surface area (Å²) in [6.07, 6.45) is 3.44. The van der Waals surface area contributed by atoms with E-state index >= 15 is 0 Å². The van der Waals surface area contributed by atoms with Crippen molar-refractivity contribution in [1.29, 1.82) is 0 Å². The molecule has 1 amide bonds. The minimum absolute atomic E-state index is 0.100. The summed E-state index contributed by atoms with van der Waals surface area (Å²) in [4.78, 5) is 29.5. The van der Waals surface area contributed by atoms with Gasteiger partial charge in [-0.3, -0.25) is 9.59 Å². The van der Waals surface area contributed by atoms with Gasteiger partial charge in [0.05, 0.1) is 22.3 Å². The molecule has 4 aromatic rings. The van der Waals surface area contributed by atoms with Crippen LogP contribution >= 0.6 is 22.9 Å². The van der Waals surface area contributed by atoms with Crippen molar-refractivity contribution in [2.24, 2.45) is 0 Å². The van der Waals surface area contributed by atoms with Crippen LogP contribution in [0.15, 0.2) is 60.2 Å². The molecule has 0 spiro atoms. The lowest BCUT2D eigenvalue weighted by Gasteiger charge is -2.08. The highest BCUT2D eigenvalue weighted by Crippen LogP contribution is 2.25. The summed E-state index contributed by atoms with van der Waals surface area (Å²) in [6.45, 7) is 0. The van der Waals surface area contributed by atoms with E-state index in [4.69, 9.17) is 11.6 Å². The Balaban J connectivity index is 1.72. The molecule has 0 saturated heterocycles. The molecule has 0 aliphatic rings. The standard InChI is InChI=1S/C20H15ClN4O2S/c21-8-6-18(26)24-14-4-1-3-13(11-14)16-7-9-22-20-15(12-23-25(16)20)19(27)17-5-2-10-28-17/h1-5,7,9-12H,6,8H2,(H,24,26). The molecule has 1 N–H and O–H groups in total. The molecule has 1 aromatic carbocycles. The van der Waals surface area contributed by atoms with Gasteiger partial charge in [-0.05, 0) is 29.6 Å². The number of ketones is 1. The van der Waals surface area contributed by atoms with Crippen molar-refractivity contribution < 1.29 is 9.59 Å². The predicted octanol–water partition coefficient (Wildman–Crippen LogP) is 4.26. The van der Waals surface area contributed by atoms with Crippen molar-refractivity contribution >= 4 is 46.0 Å². The van der Waals surface area contributed by atoms with Gasteiger partial charge < -0.3 is 5.32 Å². The highest BCUT2D eigenvalue weighted by molar-refractivity contribution is 7.12. The number of thiophene rings is 1. The van der Waals surface area contributed by atoms with E-state index in [0.717, 1.165) is 11.3 Å². The molecule has 0 bridgehead atoms. The number of rotatable bonds is 6. The van der Waals surface area contributed by atoms with Crippen LogP contribution in [0.1, 0.15) is 21.7 Å². The first kappa shape index (κ1) is 18.3. The summed E-state index contributed by atoms with van der Waals surface area (Å²) in [5.41, 5.74) is 3.22. The van der Waals surface area contributed by atoms with Gasteiger partial charge in [-0.2, -0.15) is 5.10 Å². The number of fused-ring (bicyclic) bond motifs is 1. The lowest BCUT2D eigenvalue weighted by molar-refractivity contribution is -0.115. The van der Waals surface area contributed by atoms with Gasteiger partial charge >= 0.3 is 0 Å². The van der Waals surface area contributed by atoms with E-state index in [2.05, 4.69) is 15.4 Å². The minimum Gasteiger partial charge on any atom is -0.326 e. The maximum absolute atomic E-state index is 12.7. The fourth-order valence-corrected chi connectivity index (χ4v) is 3.73. The van der Waals surface area contributed by atoms with Gasteiger partial charge in [0.15, 0.2) is 5.65 Å². The normalized spacial score (nSPS) is 10.9. The Bertz CT molecular complexity index is 1150. The van der Waals surface area contributed by atoms with E-state index in [1.807, 2.05) is 41.8 Å². The third-order valence-electron chi connectivity index (χ3n) is 4.15. The van der Waals surface area contributed by atoms with Crippen molar-refractivity contribution in [2.75, 3.05) is 11.2 Å². The average Bonchev–Trinajstić information content (AvgIpc) is 3.38. The number of nitrogens with zero attached hydrogens (tertiary/aromatic N) is 3. The summed E-state index contributed by atoms with van der Waals surface area (Å²) in [5.74, 6) is 0.0249. The monoisotopic (exact) mass is 410 g/mol. The van der Waals surface area contributed by atoms with E-state index in [-0.39, 0.29) is 24.0 Å². The first-order valence-electron chi connectivity index (χ1n) is 8.54. The van der Waals surface area contributed by atoms with Crippen LogP contribution in [0.5, 0.6) is 0 Å². The van der Waals surface area contributed by atoms with Gasteiger partial charge in [0.1, 0.15) is 0 Å². The summed E-state index contributed by atoms with van der Waals surface area (Å²) < 4.78 is 1.64. The summed E-state index contributed by atoms with van der Waals surface area (Å²) in [5, 5.41) is 9.06. The van der Waals surface area contributed by atoms with E-state index in [9.17, 15) is 9.59 Å². The van der Waals surface area contributed by atoms with Crippen molar-refractivity contribution in [3.63, 3.8) is 0 Å². The Morgan fingerprint density at radius 2 is 2.07 bits per heavy atom. The van der Waals surface area contributed by atoms with E-state index in [1.54, 1.807) is 23.0 Å². The molecule has 0 unspecified atom stereocenters. The minimum atomic E-state index is -0.144. The number of carbonyl (C=O) groups excluding carboxylic acids is 2. The zero-order valence-electron chi connectivity index (χ0n) is 14.6. The van der Waals surface area contributed by atoms with Crippen LogP contribution in [-0.2, 0) is 4.79 Å². The SMILES string of the molecule is O=C(CCCl)Nc1cccc(-c2ccnc3c(C(=O)c4cccs4)cnn23)c1. The van der Waals surface area contributed by atoms with Gasteiger partial charge in [-0.25, -0.2) is 9.50 Å². The number of carbonyl (C=O) groups is 2. The largest absolute Gasteiger partial charge is 0.326 e. The van der Waals surface area contributed by atoms with Crippen molar-refractivity contribution in [3.8, 4) is 11.3 Å². The smallest absolute Gasteiger partial charge is 0.225 e. The second kappa shape index (κ2) is 7.92. The maximum Gasteiger partial charge on any atom is 0.225 e. The third-order valence-corrected chi connectivity index (χ3v) is 5.21. The number of benzene rings is 1. The zero-order valence-corrected chi connectivity index (χ0v) is 16.2. The third kappa shape index (κ3) is 3.54. The number of hydrogen-bond acceptors (Lipinski definition) is 5. The number of amides is 1. The van der Waals surface area contributed by atoms with Crippen LogP contribution in [-0.4, -0.2) is 32.2 Å². The molecule has 0 aliphatic carbocycles. The number of aromatic nitrogens is 3. The van der Waals surface area contributed by atoms with Gasteiger partial charge in [-0.1, -0.05) is 18.2 Å². The van der Waals surface area contributed by atoms with Crippen LogP contribution in [0.4, 0.5) is 5.69 Å². The van der Waals surface area contributed by atoms with Gasteiger partial charge in [0.2, 0.25) is 11.7 Å². The predicted molar refractivity (Wildman–Crippen MR) is 110 cm³/mol. The molecule has 6 nitrogen and oxygen atoms in total. The van der Waals surface area contributed by atoms with Crippen LogP contribution in [0.2, 0.25) is 0 Å². The first-order valence-corrected chi connectivity index (χ1v) is 9.96. The molecule has 3 aromatic heterocycles. The van der Waals surface area contributed by atoms with Crippen LogP contribution in [0, 0.1) is 0 Å². The molecule has 3 heterocycles. The fraction of sp³-hybridized carbons (Fsp3) is 0.100. The Morgan fingerprint density at radius 3 is 2.86 bits per heavy atom. The van der Waals surface area contributed by atoms with E-state index in [1.165, 1.54) is 11.3 Å². The fourth-order valence-electron chi connectivity index (χ4n) is 2.88. The molecule has 0 atom stereocenters. The van der Waals surface area contributed by atoms with Crippen LogP contribution in [0.3, 0.4) is 0 Å². The van der Waals surface area contributed by atoms with Crippen molar-refractivity contribution in [2.45, 2.75) is 6.42 Å². The molecule has 0 aliphatic heterocycles. The molecule has 8 heteroatoms. The van der Waals surface area contributed by atoms with E-state index in [0.29, 0.717) is 21.8 Å². The van der Waals surface area contributed by atoms with Crippen molar-refractivity contribution in [1.82, 2.24) is 14.6 Å². The van der Waals surface area contributed by atoms with Crippen LogP contribution < -0.4 is 5.32 Å². The Hall–Kier alpha value is -3.03. The van der Waals surface area contributed by atoms with Gasteiger partial charge in [-0.15, -0.1) is 22.9 Å². The Labute approximate surface area is 169 Å². The molecule has 4 rings (SSSR count). The maximum atomic E-state index is 12.7. The molecule has 28 heavy (non-hydrogen) atoms. The molecule has 0 saturated carbocycles. The number of anilines is 1. The highest BCUT2D eigenvalue weighted by Gasteiger charge is 2.18. The highest BCUT2D eigenvalue weighted by atomic mass is 35.5. The molecule has 0 radical (unpaired) electrons. The van der Waals surface area contributed by atoms with Crippen molar-refractivity contribution in [3.05, 3.63) is 70.7 Å². The molecule has 0 fully saturated rings. The second-order valence-electron chi connectivity index (χ2n) is 6.00. The Morgan fingerprint density at radius 1 is 1.18 bits per heavy atom. The summed E-state index contributed by atoms with van der Waals surface area (Å²) in [7, 11) is 0. The average molecular weight is 411 g/mol. The van der Waals surface area contributed by atoms with Gasteiger partial charge in [0.25, 0.3) is 0 Å². The second-order valence-corrected chi connectivity index (χ2v) is 7.32.